The summed E-state index contributed by atoms with van der Waals surface area (Å²) >= 11 is 6.08. The molecule has 5 rings (SSSR count). The lowest BCUT2D eigenvalue weighted by Crippen LogP contribution is -2.22. The van der Waals surface area contributed by atoms with Gasteiger partial charge in [-0.25, -0.2) is 5.01 Å². The van der Waals surface area contributed by atoms with Crippen molar-refractivity contribution in [2.45, 2.75) is 19.6 Å². The minimum absolute atomic E-state index is 0.0855. The molecule has 3 aromatic carbocycles. The molecule has 0 saturated heterocycles. The van der Waals surface area contributed by atoms with Crippen molar-refractivity contribution >= 4 is 23.3 Å². The van der Waals surface area contributed by atoms with E-state index in [0.717, 1.165) is 22.9 Å². The SMILES string of the molecule is Cc1nnc2n1-c1ccccc1C(c1ccc(Cl)cc1)=NN2Cc1ccccc1C(F)(F)F. The maximum Gasteiger partial charge on any atom is 0.416 e. The van der Waals surface area contributed by atoms with Gasteiger partial charge >= 0.3 is 6.18 Å². The van der Waals surface area contributed by atoms with Crippen LogP contribution < -0.4 is 5.01 Å². The Hall–Kier alpha value is -3.65. The molecule has 1 aliphatic heterocycles. The highest BCUT2D eigenvalue weighted by Gasteiger charge is 2.34. The molecule has 0 aliphatic carbocycles. The number of anilines is 1. The Bertz CT molecular complexity index is 1360. The average molecular weight is 468 g/mol. The van der Waals surface area contributed by atoms with Gasteiger partial charge in [0.1, 0.15) is 11.5 Å². The monoisotopic (exact) mass is 467 g/mol. The van der Waals surface area contributed by atoms with Crippen molar-refractivity contribution in [3.05, 3.63) is 106 Å². The van der Waals surface area contributed by atoms with Gasteiger partial charge in [0.05, 0.1) is 17.8 Å². The van der Waals surface area contributed by atoms with Crippen molar-refractivity contribution < 1.29 is 13.2 Å². The zero-order valence-corrected chi connectivity index (χ0v) is 18.1. The Morgan fingerprint density at radius 1 is 0.879 bits per heavy atom. The summed E-state index contributed by atoms with van der Waals surface area (Å²) in [6.45, 7) is 1.65. The van der Waals surface area contributed by atoms with Crippen LogP contribution in [0.4, 0.5) is 19.1 Å². The maximum absolute atomic E-state index is 13.7. The van der Waals surface area contributed by atoms with E-state index in [0.29, 0.717) is 22.5 Å². The van der Waals surface area contributed by atoms with Crippen LogP contribution in [0.2, 0.25) is 5.02 Å². The Morgan fingerprint density at radius 3 is 2.33 bits per heavy atom. The largest absolute Gasteiger partial charge is 0.416 e. The van der Waals surface area contributed by atoms with Gasteiger partial charge in [0.2, 0.25) is 0 Å². The van der Waals surface area contributed by atoms with Gasteiger partial charge in [0.15, 0.2) is 0 Å². The highest BCUT2D eigenvalue weighted by atomic mass is 35.5. The number of halogens is 4. The van der Waals surface area contributed by atoms with E-state index in [1.165, 1.54) is 17.1 Å². The zero-order chi connectivity index (χ0) is 23.2. The summed E-state index contributed by atoms with van der Waals surface area (Å²) in [4.78, 5) is 0. The van der Waals surface area contributed by atoms with E-state index in [9.17, 15) is 13.2 Å². The third kappa shape index (κ3) is 3.87. The summed E-state index contributed by atoms with van der Waals surface area (Å²) in [7, 11) is 0. The average Bonchev–Trinajstić information content (AvgIpc) is 3.11. The molecule has 0 unspecified atom stereocenters. The minimum atomic E-state index is -4.49. The highest BCUT2D eigenvalue weighted by Crippen LogP contribution is 2.35. The Balaban J connectivity index is 1.72. The molecule has 0 bridgehead atoms. The predicted octanol–water partition coefficient (Wildman–Crippen LogP) is 6.02. The second-order valence-corrected chi connectivity index (χ2v) is 8.00. The van der Waals surface area contributed by atoms with Gasteiger partial charge in [0.25, 0.3) is 5.95 Å². The van der Waals surface area contributed by atoms with E-state index >= 15 is 0 Å². The second kappa shape index (κ2) is 8.04. The summed E-state index contributed by atoms with van der Waals surface area (Å²) in [5.74, 6) is 0.931. The molecule has 166 valence electrons. The van der Waals surface area contributed by atoms with Crippen LogP contribution in [0.1, 0.15) is 28.1 Å². The number of hydrazone groups is 1. The van der Waals surface area contributed by atoms with Crippen molar-refractivity contribution in [2.24, 2.45) is 5.10 Å². The van der Waals surface area contributed by atoms with Crippen LogP contribution in [0.15, 0.2) is 77.9 Å². The quantitative estimate of drug-likeness (QED) is 0.370. The van der Waals surface area contributed by atoms with E-state index in [1.54, 1.807) is 29.7 Å². The summed E-state index contributed by atoms with van der Waals surface area (Å²) in [6, 6.07) is 20.2. The topological polar surface area (TPSA) is 46.3 Å². The van der Waals surface area contributed by atoms with Crippen LogP contribution in [0.3, 0.4) is 0 Å². The van der Waals surface area contributed by atoms with Crippen LogP contribution in [0, 0.1) is 6.92 Å². The molecule has 0 amide bonds. The van der Waals surface area contributed by atoms with Crippen molar-refractivity contribution in [3.8, 4) is 5.69 Å². The standard InChI is InChI=1S/C24H17ClF3N5/c1-15-29-30-23-32(14-17-6-2-4-8-20(17)24(26,27)28)31-22(16-10-12-18(25)13-11-16)19-7-3-5-9-21(19)33(15)23/h2-13H,14H2,1H3. The molecule has 0 radical (unpaired) electrons. The normalized spacial score (nSPS) is 13.2. The lowest BCUT2D eigenvalue weighted by molar-refractivity contribution is -0.138. The molecule has 1 aromatic heterocycles. The molecule has 0 spiro atoms. The van der Waals surface area contributed by atoms with Crippen LogP contribution in [0.5, 0.6) is 0 Å². The third-order valence-corrected chi connectivity index (χ3v) is 5.67. The number of fused-ring (bicyclic) bond motifs is 3. The van der Waals surface area contributed by atoms with E-state index in [-0.39, 0.29) is 12.1 Å². The van der Waals surface area contributed by atoms with Gasteiger partial charge in [0, 0.05) is 16.1 Å². The number of hydrogen-bond acceptors (Lipinski definition) is 4. The van der Waals surface area contributed by atoms with E-state index in [4.69, 9.17) is 16.7 Å². The number of aromatic nitrogens is 3. The Morgan fingerprint density at radius 2 is 1.58 bits per heavy atom. The number of para-hydroxylation sites is 1. The molecule has 4 aromatic rings. The van der Waals surface area contributed by atoms with Crippen LogP contribution >= 0.6 is 11.6 Å². The van der Waals surface area contributed by atoms with Crippen LogP contribution in [-0.4, -0.2) is 20.5 Å². The Labute approximate surface area is 192 Å². The number of hydrogen-bond donors (Lipinski definition) is 0. The third-order valence-electron chi connectivity index (χ3n) is 5.42. The first-order chi connectivity index (χ1) is 15.8. The zero-order valence-electron chi connectivity index (χ0n) is 17.4. The molecule has 0 saturated carbocycles. The molecule has 0 atom stereocenters. The van der Waals surface area contributed by atoms with Gasteiger partial charge in [-0.3, -0.25) is 4.57 Å². The molecule has 2 heterocycles. The highest BCUT2D eigenvalue weighted by molar-refractivity contribution is 6.30. The maximum atomic E-state index is 13.7. The number of rotatable bonds is 3. The van der Waals surface area contributed by atoms with Gasteiger partial charge in [-0.2, -0.15) is 18.3 Å². The predicted molar refractivity (Wildman–Crippen MR) is 121 cm³/mol. The van der Waals surface area contributed by atoms with Crippen molar-refractivity contribution in [1.29, 1.82) is 0 Å². The van der Waals surface area contributed by atoms with Gasteiger partial charge in [-0.05, 0) is 36.8 Å². The first-order valence-electron chi connectivity index (χ1n) is 10.1. The van der Waals surface area contributed by atoms with E-state index in [1.807, 2.05) is 36.4 Å². The van der Waals surface area contributed by atoms with Crippen molar-refractivity contribution in [3.63, 3.8) is 0 Å². The van der Waals surface area contributed by atoms with Crippen molar-refractivity contribution in [1.82, 2.24) is 14.8 Å². The molecule has 5 nitrogen and oxygen atoms in total. The molecule has 9 heteroatoms. The van der Waals surface area contributed by atoms with Crippen LogP contribution in [0.25, 0.3) is 5.69 Å². The molecule has 0 fully saturated rings. The van der Waals surface area contributed by atoms with Gasteiger partial charge < -0.3 is 0 Å². The first-order valence-corrected chi connectivity index (χ1v) is 10.5. The minimum Gasteiger partial charge on any atom is -0.263 e. The van der Waals surface area contributed by atoms with Crippen molar-refractivity contribution in [2.75, 3.05) is 5.01 Å². The summed E-state index contributed by atoms with van der Waals surface area (Å²) in [5, 5.41) is 15.3. The molecule has 33 heavy (non-hydrogen) atoms. The fourth-order valence-corrected chi connectivity index (χ4v) is 4.04. The number of aryl methyl sites for hydroxylation is 1. The summed E-state index contributed by atoms with van der Waals surface area (Å²) < 4.78 is 42.8. The number of nitrogens with zero attached hydrogens (tertiary/aromatic N) is 5. The first kappa shape index (κ1) is 21.2. The molecule has 1 aliphatic rings. The summed E-state index contributed by atoms with van der Waals surface area (Å²) in [5.41, 5.74) is 2.33. The second-order valence-electron chi connectivity index (χ2n) is 7.57. The number of alkyl halides is 3. The van der Waals surface area contributed by atoms with E-state index in [2.05, 4.69) is 10.2 Å². The number of benzene rings is 3. The van der Waals surface area contributed by atoms with Gasteiger partial charge in [-0.15, -0.1) is 10.2 Å². The fraction of sp³-hybridized carbons (Fsp3) is 0.125. The lowest BCUT2D eigenvalue weighted by Gasteiger charge is -2.20. The van der Waals surface area contributed by atoms with Gasteiger partial charge in [-0.1, -0.05) is 60.1 Å². The molecular formula is C24H17ClF3N5. The van der Waals surface area contributed by atoms with E-state index < -0.39 is 11.7 Å². The van der Waals surface area contributed by atoms with Crippen LogP contribution in [-0.2, 0) is 12.7 Å². The fourth-order valence-electron chi connectivity index (χ4n) is 3.91. The smallest absolute Gasteiger partial charge is 0.263 e. The Kier molecular flexibility index (Phi) is 5.17. The summed E-state index contributed by atoms with van der Waals surface area (Å²) in [6.07, 6.45) is -4.49. The lowest BCUT2D eigenvalue weighted by atomic mass is 10.0. The molecular weight excluding hydrogens is 451 g/mol. The molecule has 0 N–H and O–H groups in total.